The maximum Gasteiger partial charge on any atom is 0.310 e. The van der Waals surface area contributed by atoms with E-state index < -0.39 is 11.4 Å². The summed E-state index contributed by atoms with van der Waals surface area (Å²) < 4.78 is 5.15. The van der Waals surface area contributed by atoms with Crippen molar-refractivity contribution in [2.24, 2.45) is 5.41 Å². The second-order valence-electron chi connectivity index (χ2n) is 4.57. The average Bonchev–Trinajstić information content (AvgIpc) is 2.35. The van der Waals surface area contributed by atoms with E-state index in [2.05, 4.69) is 5.32 Å². The molecule has 1 rings (SSSR count). The van der Waals surface area contributed by atoms with Crippen LogP contribution in [0.2, 0.25) is 0 Å². The molecular formula is C13H16N2O3. The Morgan fingerprint density at radius 3 is 2.72 bits per heavy atom. The number of nitriles is 1. The van der Waals surface area contributed by atoms with Gasteiger partial charge in [0.2, 0.25) is 0 Å². The number of nitrogens with zero attached hydrogens (tertiary/aromatic N) is 1. The molecular weight excluding hydrogens is 232 g/mol. The Hall–Kier alpha value is -2.22. The van der Waals surface area contributed by atoms with E-state index in [1.165, 1.54) is 7.11 Å². The van der Waals surface area contributed by atoms with Crippen molar-refractivity contribution in [1.82, 2.24) is 0 Å². The number of anilines is 1. The van der Waals surface area contributed by atoms with E-state index in [1.807, 2.05) is 6.07 Å². The van der Waals surface area contributed by atoms with E-state index in [1.54, 1.807) is 32.0 Å². The zero-order valence-corrected chi connectivity index (χ0v) is 10.7. The molecule has 0 aromatic heterocycles. The summed E-state index contributed by atoms with van der Waals surface area (Å²) in [5, 5.41) is 20.8. The molecule has 0 heterocycles. The summed E-state index contributed by atoms with van der Waals surface area (Å²) in [4.78, 5) is 11.0. The Kier molecular flexibility index (Phi) is 4.16. The monoisotopic (exact) mass is 248 g/mol. The molecule has 1 aromatic carbocycles. The van der Waals surface area contributed by atoms with Gasteiger partial charge in [-0.25, -0.2) is 0 Å². The maximum atomic E-state index is 11.0. The van der Waals surface area contributed by atoms with Crippen LogP contribution in [0.4, 0.5) is 5.69 Å². The van der Waals surface area contributed by atoms with E-state index in [-0.39, 0.29) is 6.54 Å². The number of carbonyl (C=O) groups is 1. The van der Waals surface area contributed by atoms with Crippen LogP contribution in [-0.2, 0) is 4.79 Å². The SMILES string of the molecule is COc1cc(C#N)ccc1NCC(C)(C)C(=O)O. The first kappa shape index (κ1) is 13.8. The number of ether oxygens (including phenoxy) is 1. The smallest absolute Gasteiger partial charge is 0.310 e. The van der Waals surface area contributed by atoms with Crippen LogP contribution in [0.15, 0.2) is 18.2 Å². The highest BCUT2D eigenvalue weighted by molar-refractivity contribution is 5.74. The van der Waals surface area contributed by atoms with Gasteiger partial charge < -0.3 is 15.2 Å². The van der Waals surface area contributed by atoms with Crippen LogP contribution in [0.1, 0.15) is 19.4 Å². The minimum atomic E-state index is -0.876. The minimum absolute atomic E-state index is 0.268. The Balaban J connectivity index is 2.86. The molecule has 0 aliphatic rings. The van der Waals surface area contributed by atoms with Gasteiger partial charge in [-0.1, -0.05) is 0 Å². The standard InChI is InChI=1S/C13H16N2O3/c1-13(2,12(16)17)8-15-10-5-4-9(7-14)6-11(10)18-3/h4-6,15H,8H2,1-3H3,(H,16,17). The number of hydrogen-bond donors (Lipinski definition) is 2. The van der Waals surface area contributed by atoms with E-state index in [0.717, 1.165) is 0 Å². The first-order chi connectivity index (χ1) is 8.40. The number of nitrogens with one attached hydrogen (secondary N) is 1. The van der Waals surface area contributed by atoms with Gasteiger partial charge in [0.25, 0.3) is 0 Å². The lowest BCUT2D eigenvalue weighted by atomic mass is 9.94. The third-order valence-corrected chi connectivity index (χ3v) is 2.63. The summed E-state index contributed by atoms with van der Waals surface area (Å²) in [7, 11) is 1.50. The van der Waals surface area contributed by atoms with Crippen molar-refractivity contribution in [3.05, 3.63) is 23.8 Å². The molecule has 0 saturated carbocycles. The molecule has 0 unspecified atom stereocenters. The van der Waals surface area contributed by atoms with Crippen LogP contribution in [0.3, 0.4) is 0 Å². The lowest BCUT2D eigenvalue weighted by Crippen LogP contribution is -2.31. The van der Waals surface area contributed by atoms with Crippen LogP contribution >= 0.6 is 0 Å². The molecule has 5 heteroatoms. The first-order valence-electron chi connectivity index (χ1n) is 5.46. The molecule has 0 radical (unpaired) electrons. The van der Waals surface area contributed by atoms with Gasteiger partial charge in [-0.15, -0.1) is 0 Å². The molecule has 1 aromatic rings. The van der Waals surface area contributed by atoms with Gasteiger partial charge >= 0.3 is 5.97 Å². The van der Waals surface area contributed by atoms with Crippen molar-refractivity contribution >= 4 is 11.7 Å². The van der Waals surface area contributed by atoms with E-state index in [9.17, 15) is 4.79 Å². The fraction of sp³-hybridized carbons (Fsp3) is 0.385. The Bertz CT molecular complexity index is 489. The van der Waals surface area contributed by atoms with Crippen LogP contribution in [-0.4, -0.2) is 24.7 Å². The fourth-order valence-electron chi connectivity index (χ4n) is 1.30. The molecule has 0 aliphatic heterocycles. The number of methoxy groups -OCH3 is 1. The van der Waals surface area contributed by atoms with Crippen LogP contribution in [0.5, 0.6) is 5.75 Å². The van der Waals surface area contributed by atoms with Gasteiger partial charge in [-0.3, -0.25) is 4.79 Å². The quantitative estimate of drug-likeness (QED) is 0.833. The second kappa shape index (κ2) is 5.41. The molecule has 0 amide bonds. The minimum Gasteiger partial charge on any atom is -0.495 e. The molecule has 0 bridgehead atoms. The molecule has 0 fully saturated rings. The van der Waals surface area contributed by atoms with E-state index >= 15 is 0 Å². The van der Waals surface area contributed by atoms with Gasteiger partial charge in [-0.05, 0) is 26.0 Å². The van der Waals surface area contributed by atoms with E-state index in [0.29, 0.717) is 17.0 Å². The average molecular weight is 248 g/mol. The molecule has 5 nitrogen and oxygen atoms in total. The molecule has 0 atom stereocenters. The largest absolute Gasteiger partial charge is 0.495 e. The lowest BCUT2D eigenvalue weighted by molar-refractivity contribution is -0.146. The van der Waals surface area contributed by atoms with Crippen molar-refractivity contribution in [1.29, 1.82) is 5.26 Å². The van der Waals surface area contributed by atoms with Gasteiger partial charge in [0.1, 0.15) is 5.75 Å². The first-order valence-corrected chi connectivity index (χ1v) is 5.46. The number of hydrogen-bond acceptors (Lipinski definition) is 4. The fourth-order valence-corrected chi connectivity index (χ4v) is 1.30. The summed E-state index contributed by atoms with van der Waals surface area (Å²) in [6, 6.07) is 6.98. The molecule has 0 saturated heterocycles. The van der Waals surface area contributed by atoms with Crippen molar-refractivity contribution < 1.29 is 14.6 Å². The number of rotatable bonds is 5. The second-order valence-corrected chi connectivity index (χ2v) is 4.57. The van der Waals surface area contributed by atoms with Crippen LogP contribution < -0.4 is 10.1 Å². The Labute approximate surface area is 106 Å². The summed E-state index contributed by atoms with van der Waals surface area (Å²) in [6.07, 6.45) is 0. The van der Waals surface area contributed by atoms with Gasteiger partial charge in [0, 0.05) is 12.6 Å². The van der Waals surface area contributed by atoms with Gasteiger partial charge in [-0.2, -0.15) is 5.26 Å². The molecule has 18 heavy (non-hydrogen) atoms. The third-order valence-electron chi connectivity index (χ3n) is 2.63. The number of carboxylic acids is 1. The van der Waals surface area contributed by atoms with Gasteiger partial charge in [0.15, 0.2) is 0 Å². The van der Waals surface area contributed by atoms with Gasteiger partial charge in [0.05, 0.1) is 29.8 Å². The number of benzene rings is 1. The lowest BCUT2D eigenvalue weighted by Gasteiger charge is -2.21. The summed E-state index contributed by atoms with van der Waals surface area (Å²) >= 11 is 0. The molecule has 96 valence electrons. The topological polar surface area (TPSA) is 82.3 Å². The molecule has 0 spiro atoms. The molecule has 0 aliphatic carbocycles. The van der Waals surface area contributed by atoms with E-state index in [4.69, 9.17) is 15.1 Å². The van der Waals surface area contributed by atoms with Crippen molar-refractivity contribution in [2.45, 2.75) is 13.8 Å². The highest BCUT2D eigenvalue weighted by atomic mass is 16.5. The molecule has 2 N–H and O–H groups in total. The number of carboxylic acid groups (broad SMARTS) is 1. The predicted molar refractivity (Wildman–Crippen MR) is 67.6 cm³/mol. The van der Waals surface area contributed by atoms with Crippen molar-refractivity contribution in [3.8, 4) is 11.8 Å². The van der Waals surface area contributed by atoms with Crippen molar-refractivity contribution in [2.75, 3.05) is 19.0 Å². The Morgan fingerprint density at radius 2 is 2.22 bits per heavy atom. The predicted octanol–water partition coefficient (Wildman–Crippen LogP) is 2.09. The van der Waals surface area contributed by atoms with Crippen LogP contribution in [0, 0.1) is 16.7 Å². The maximum absolute atomic E-state index is 11.0. The highest BCUT2D eigenvalue weighted by Gasteiger charge is 2.27. The summed E-state index contributed by atoms with van der Waals surface area (Å²) in [5.41, 5.74) is 0.291. The Morgan fingerprint density at radius 1 is 1.56 bits per heavy atom. The normalized spacial score (nSPS) is 10.6. The summed E-state index contributed by atoms with van der Waals surface area (Å²) in [6.45, 7) is 3.54. The summed E-state index contributed by atoms with van der Waals surface area (Å²) in [5.74, 6) is -0.349. The zero-order valence-electron chi connectivity index (χ0n) is 10.7. The third kappa shape index (κ3) is 3.14. The number of aliphatic carboxylic acids is 1. The zero-order chi connectivity index (χ0) is 13.8. The highest BCUT2D eigenvalue weighted by Crippen LogP contribution is 2.27. The van der Waals surface area contributed by atoms with Crippen LogP contribution in [0.25, 0.3) is 0 Å². The van der Waals surface area contributed by atoms with Crippen molar-refractivity contribution in [3.63, 3.8) is 0 Å².